The molecule has 2 atom stereocenters. The summed E-state index contributed by atoms with van der Waals surface area (Å²) in [4.78, 5) is 29.6. The molecule has 1 saturated heterocycles. The van der Waals surface area contributed by atoms with E-state index in [1.165, 1.54) is 36.4 Å². The molecular weight excluding hydrogens is 414 g/mol. The molecule has 0 spiro atoms. The van der Waals surface area contributed by atoms with Crippen LogP contribution in [0, 0.1) is 11.6 Å². The van der Waals surface area contributed by atoms with Gasteiger partial charge in [0.2, 0.25) is 0 Å². The number of carbonyl (C=O) groups is 2. The number of halogens is 3. The quantitative estimate of drug-likeness (QED) is 0.688. The molecule has 0 N–H and O–H groups in total. The van der Waals surface area contributed by atoms with E-state index in [2.05, 4.69) is 0 Å². The van der Waals surface area contributed by atoms with E-state index in [0.717, 1.165) is 11.0 Å². The summed E-state index contributed by atoms with van der Waals surface area (Å²) in [6.45, 7) is 4.61. The van der Waals surface area contributed by atoms with Gasteiger partial charge < -0.3 is 9.64 Å². The Morgan fingerprint density at radius 2 is 1.60 bits per heavy atom. The van der Waals surface area contributed by atoms with E-state index in [1.807, 2.05) is 18.7 Å². The molecule has 0 aromatic heterocycles. The van der Waals surface area contributed by atoms with Crippen molar-refractivity contribution in [2.45, 2.75) is 26.1 Å². The Hall–Kier alpha value is -2.77. The minimum Gasteiger partial charge on any atom is -0.372 e. The number of amides is 2. The van der Waals surface area contributed by atoms with Crippen LogP contribution in [0.2, 0.25) is 5.02 Å². The Bertz CT molecular complexity index is 1040. The maximum atomic E-state index is 13.6. The summed E-state index contributed by atoms with van der Waals surface area (Å²) >= 11 is 5.88. The highest BCUT2D eigenvalue weighted by Crippen LogP contribution is 2.37. The molecule has 0 radical (unpaired) electrons. The van der Waals surface area contributed by atoms with Crippen LogP contribution in [0.5, 0.6) is 0 Å². The van der Waals surface area contributed by atoms with Crippen LogP contribution >= 0.6 is 11.6 Å². The molecule has 30 heavy (non-hydrogen) atoms. The molecule has 5 nitrogen and oxygen atoms in total. The van der Waals surface area contributed by atoms with Gasteiger partial charge in [-0.25, -0.2) is 13.7 Å². The molecule has 2 aromatic carbocycles. The Kier molecular flexibility index (Phi) is 5.34. The molecule has 2 unspecified atom stereocenters. The minimum atomic E-state index is -0.651. The van der Waals surface area contributed by atoms with E-state index in [9.17, 15) is 18.4 Å². The zero-order valence-electron chi connectivity index (χ0n) is 16.4. The van der Waals surface area contributed by atoms with E-state index in [4.69, 9.17) is 16.3 Å². The van der Waals surface area contributed by atoms with Gasteiger partial charge in [-0.05, 0) is 49.7 Å². The Labute approximate surface area is 177 Å². The minimum absolute atomic E-state index is 0.145. The number of anilines is 1. The zero-order chi connectivity index (χ0) is 21.6. The van der Waals surface area contributed by atoms with Crippen molar-refractivity contribution in [2.24, 2.45) is 0 Å². The first-order valence-electron chi connectivity index (χ1n) is 9.50. The van der Waals surface area contributed by atoms with Crippen LogP contribution in [0.1, 0.15) is 19.4 Å². The van der Waals surface area contributed by atoms with Crippen molar-refractivity contribution in [3.05, 3.63) is 70.4 Å². The standard InChI is InChI=1S/C22H19ClF2N2O3/c1-12-10-26(11-13(2)30-12)20-19(14-3-5-15(24)6-4-14)21(28)27(22(20)29)16-7-8-18(25)17(23)9-16/h3-9,12-13H,10-11H2,1-2H3. The Morgan fingerprint density at radius 3 is 2.20 bits per heavy atom. The Balaban J connectivity index is 1.84. The van der Waals surface area contributed by atoms with Crippen LogP contribution in [0.4, 0.5) is 14.5 Å². The number of carbonyl (C=O) groups excluding carboxylic acids is 2. The van der Waals surface area contributed by atoms with E-state index in [-0.39, 0.29) is 34.2 Å². The fourth-order valence-corrected chi connectivity index (χ4v) is 4.08. The number of hydrogen-bond donors (Lipinski definition) is 0. The van der Waals surface area contributed by atoms with Crippen LogP contribution in [-0.2, 0) is 14.3 Å². The van der Waals surface area contributed by atoms with Gasteiger partial charge in [-0.15, -0.1) is 0 Å². The van der Waals surface area contributed by atoms with Crippen LogP contribution in [0.25, 0.3) is 5.57 Å². The molecule has 4 rings (SSSR count). The molecule has 2 aromatic rings. The second kappa shape index (κ2) is 7.81. The van der Waals surface area contributed by atoms with Gasteiger partial charge in [-0.1, -0.05) is 23.7 Å². The van der Waals surface area contributed by atoms with E-state index in [0.29, 0.717) is 18.7 Å². The predicted molar refractivity (Wildman–Crippen MR) is 109 cm³/mol. The average Bonchev–Trinajstić information content (AvgIpc) is 2.94. The van der Waals surface area contributed by atoms with Gasteiger partial charge in [-0.3, -0.25) is 9.59 Å². The van der Waals surface area contributed by atoms with Crippen LogP contribution < -0.4 is 4.90 Å². The summed E-state index contributed by atoms with van der Waals surface area (Å²) < 4.78 is 32.8. The zero-order valence-corrected chi connectivity index (χ0v) is 17.1. The van der Waals surface area contributed by atoms with E-state index in [1.54, 1.807) is 0 Å². The number of imide groups is 1. The molecule has 2 aliphatic heterocycles. The number of hydrogen-bond acceptors (Lipinski definition) is 4. The van der Waals surface area contributed by atoms with Crippen LogP contribution in [-0.4, -0.2) is 42.0 Å². The highest BCUT2D eigenvalue weighted by molar-refractivity contribution is 6.45. The molecule has 2 heterocycles. The topological polar surface area (TPSA) is 49.9 Å². The van der Waals surface area contributed by atoms with Crippen molar-refractivity contribution in [2.75, 3.05) is 18.0 Å². The van der Waals surface area contributed by atoms with Gasteiger partial charge in [0.25, 0.3) is 11.8 Å². The average molecular weight is 433 g/mol. The van der Waals surface area contributed by atoms with Gasteiger partial charge >= 0.3 is 0 Å². The van der Waals surface area contributed by atoms with Gasteiger partial charge in [0, 0.05) is 13.1 Å². The third-order valence-corrected chi connectivity index (χ3v) is 5.38. The number of morpholine rings is 1. The molecule has 0 saturated carbocycles. The first-order chi connectivity index (χ1) is 14.3. The van der Waals surface area contributed by atoms with Crippen molar-refractivity contribution in [3.63, 3.8) is 0 Å². The maximum Gasteiger partial charge on any atom is 0.282 e. The van der Waals surface area contributed by atoms with Crippen molar-refractivity contribution < 1.29 is 23.1 Å². The lowest BCUT2D eigenvalue weighted by atomic mass is 10.0. The molecule has 0 bridgehead atoms. The van der Waals surface area contributed by atoms with Crippen LogP contribution in [0.3, 0.4) is 0 Å². The van der Waals surface area contributed by atoms with E-state index >= 15 is 0 Å². The lowest BCUT2D eigenvalue weighted by molar-refractivity contribution is -0.121. The second-order valence-corrected chi connectivity index (χ2v) is 7.84. The van der Waals surface area contributed by atoms with E-state index < -0.39 is 23.4 Å². The molecule has 1 fully saturated rings. The lowest BCUT2D eigenvalue weighted by Gasteiger charge is -2.37. The first-order valence-corrected chi connectivity index (χ1v) is 9.88. The summed E-state index contributed by atoms with van der Waals surface area (Å²) in [5, 5.41) is -0.196. The highest BCUT2D eigenvalue weighted by atomic mass is 35.5. The fourth-order valence-electron chi connectivity index (χ4n) is 3.91. The number of benzene rings is 2. The summed E-state index contributed by atoms with van der Waals surface area (Å²) in [5.74, 6) is -2.21. The van der Waals surface area contributed by atoms with Gasteiger partial charge in [0.15, 0.2) is 0 Å². The smallest absolute Gasteiger partial charge is 0.282 e. The monoisotopic (exact) mass is 432 g/mol. The molecule has 8 heteroatoms. The molecule has 2 aliphatic rings. The Morgan fingerprint density at radius 1 is 0.967 bits per heavy atom. The van der Waals surface area contributed by atoms with Gasteiger partial charge in [-0.2, -0.15) is 0 Å². The SMILES string of the molecule is CC1CN(C2=C(c3ccc(F)cc3)C(=O)N(c3ccc(F)c(Cl)c3)C2=O)CC(C)O1. The summed E-state index contributed by atoms with van der Waals surface area (Å²) in [6, 6.07) is 9.07. The summed E-state index contributed by atoms with van der Waals surface area (Å²) in [6.07, 6.45) is -0.291. The number of rotatable bonds is 3. The summed E-state index contributed by atoms with van der Waals surface area (Å²) in [7, 11) is 0. The van der Waals surface area contributed by atoms with Crippen molar-refractivity contribution in [1.29, 1.82) is 0 Å². The fraction of sp³-hybridized carbons (Fsp3) is 0.273. The van der Waals surface area contributed by atoms with Crippen molar-refractivity contribution in [1.82, 2.24) is 4.90 Å². The molecule has 0 aliphatic carbocycles. The molecule has 2 amide bonds. The molecular formula is C22H19ClF2N2O3. The normalized spacial score (nSPS) is 22.3. The second-order valence-electron chi connectivity index (χ2n) is 7.44. The van der Waals surface area contributed by atoms with Crippen LogP contribution in [0.15, 0.2) is 48.2 Å². The maximum absolute atomic E-state index is 13.6. The largest absolute Gasteiger partial charge is 0.372 e. The number of nitrogens with zero attached hydrogens (tertiary/aromatic N) is 2. The lowest BCUT2D eigenvalue weighted by Crippen LogP contribution is -2.47. The van der Waals surface area contributed by atoms with Gasteiger partial charge in [0.05, 0.1) is 28.5 Å². The third kappa shape index (κ3) is 3.59. The highest BCUT2D eigenvalue weighted by Gasteiger charge is 2.44. The van der Waals surface area contributed by atoms with Crippen molar-refractivity contribution >= 4 is 34.7 Å². The summed E-state index contributed by atoms with van der Waals surface area (Å²) in [5.41, 5.74) is 0.975. The van der Waals surface area contributed by atoms with Gasteiger partial charge in [0.1, 0.15) is 17.3 Å². The number of ether oxygens (including phenoxy) is 1. The predicted octanol–water partition coefficient (Wildman–Crippen LogP) is 4.01. The van der Waals surface area contributed by atoms with Crippen molar-refractivity contribution in [3.8, 4) is 0 Å². The molecule has 156 valence electrons. The third-order valence-electron chi connectivity index (χ3n) is 5.09. The first kappa shape index (κ1) is 20.5.